The van der Waals surface area contributed by atoms with Gasteiger partial charge in [0.2, 0.25) is 0 Å². The summed E-state index contributed by atoms with van der Waals surface area (Å²) in [6, 6.07) is 0.654. The Balaban J connectivity index is 0.00000208. The lowest BCUT2D eigenvalue weighted by atomic mass is 10.2. The highest BCUT2D eigenvalue weighted by atomic mass is 127. The van der Waals surface area contributed by atoms with E-state index in [1.165, 1.54) is 24.3 Å². The van der Waals surface area contributed by atoms with E-state index in [0.29, 0.717) is 12.6 Å². The number of morpholine rings is 1. The molecule has 6 nitrogen and oxygen atoms in total. The van der Waals surface area contributed by atoms with Crippen LogP contribution in [0.4, 0.5) is 0 Å². The van der Waals surface area contributed by atoms with Crippen LogP contribution in [-0.2, 0) is 11.3 Å². The average molecular weight is 465 g/mol. The first-order chi connectivity index (χ1) is 11.2. The van der Waals surface area contributed by atoms with Gasteiger partial charge in [-0.2, -0.15) is 0 Å². The molecule has 0 radical (unpaired) electrons. The molecule has 2 fully saturated rings. The van der Waals surface area contributed by atoms with Crippen LogP contribution in [0, 0.1) is 6.92 Å². The van der Waals surface area contributed by atoms with Crippen molar-refractivity contribution < 1.29 is 4.74 Å². The fraction of sp³-hybridized carbons (Fsp3) is 0.750. The van der Waals surface area contributed by atoms with E-state index < -0.39 is 0 Å². The molecule has 2 saturated heterocycles. The fourth-order valence-electron chi connectivity index (χ4n) is 3.18. The normalized spacial score (nSPS) is 24.3. The molecule has 136 valence electrons. The van der Waals surface area contributed by atoms with Gasteiger partial charge in [-0.05, 0) is 33.2 Å². The van der Waals surface area contributed by atoms with Gasteiger partial charge in [-0.15, -0.1) is 35.3 Å². The second-order valence-electron chi connectivity index (χ2n) is 6.19. The molecule has 0 amide bonds. The van der Waals surface area contributed by atoms with E-state index in [1.807, 2.05) is 6.20 Å². The molecule has 0 bridgehead atoms. The fourth-order valence-corrected chi connectivity index (χ4v) is 3.89. The van der Waals surface area contributed by atoms with Gasteiger partial charge in [-0.25, -0.2) is 9.98 Å². The Morgan fingerprint density at radius 3 is 3.12 bits per heavy atom. The van der Waals surface area contributed by atoms with Crippen LogP contribution in [0.25, 0.3) is 0 Å². The van der Waals surface area contributed by atoms with Crippen LogP contribution in [0.2, 0.25) is 0 Å². The number of rotatable bonds is 5. The van der Waals surface area contributed by atoms with Crippen LogP contribution in [0.15, 0.2) is 11.2 Å². The van der Waals surface area contributed by atoms with Crippen molar-refractivity contribution >= 4 is 41.3 Å². The number of thiazole rings is 1. The van der Waals surface area contributed by atoms with Gasteiger partial charge >= 0.3 is 0 Å². The minimum absolute atomic E-state index is 0. The van der Waals surface area contributed by atoms with E-state index in [-0.39, 0.29) is 30.1 Å². The second-order valence-corrected chi connectivity index (χ2v) is 7.51. The molecule has 8 heteroatoms. The number of guanidine groups is 1. The Morgan fingerprint density at radius 1 is 1.50 bits per heavy atom. The largest absolute Gasteiger partial charge is 0.373 e. The highest BCUT2D eigenvalue weighted by Crippen LogP contribution is 2.22. The molecular weight excluding hydrogens is 437 g/mol. The van der Waals surface area contributed by atoms with Gasteiger partial charge in [0.05, 0.1) is 19.3 Å². The zero-order valence-corrected chi connectivity index (χ0v) is 17.6. The van der Waals surface area contributed by atoms with Crippen molar-refractivity contribution in [2.75, 3.05) is 32.8 Å². The number of aromatic nitrogens is 1. The van der Waals surface area contributed by atoms with E-state index in [2.05, 4.69) is 39.4 Å². The first-order valence-electron chi connectivity index (χ1n) is 8.53. The molecule has 0 saturated carbocycles. The lowest BCUT2D eigenvalue weighted by Crippen LogP contribution is -2.51. The topological polar surface area (TPSA) is 61.8 Å². The Bertz CT molecular complexity index is 538. The molecule has 0 aromatic carbocycles. The lowest BCUT2D eigenvalue weighted by molar-refractivity contribution is -0.0453. The Morgan fingerprint density at radius 2 is 2.38 bits per heavy atom. The average Bonchev–Trinajstić information content (AvgIpc) is 3.18. The molecule has 0 spiro atoms. The third-order valence-corrected chi connectivity index (χ3v) is 5.24. The highest BCUT2D eigenvalue weighted by molar-refractivity contribution is 14.0. The molecule has 1 aromatic heterocycles. The van der Waals surface area contributed by atoms with Crippen LogP contribution in [0.5, 0.6) is 0 Å². The zero-order valence-electron chi connectivity index (χ0n) is 14.5. The summed E-state index contributed by atoms with van der Waals surface area (Å²) >= 11 is 1.70. The molecular formula is C16H28IN5OS. The Kier molecular flexibility index (Phi) is 8.18. The molecule has 2 aliphatic heterocycles. The number of nitrogens with one attached hydrogen (secondary N) is 2. The Hall–Kier alpha value is -0.450. The standard InChI is InChI=1S/C16H27N5OS.HI/c1-3-17-16(20-9-15-18-7-12(2)23-15)19-8-14-10-21-6-4-5-13(21)11-22-14;/h7,13-14H,3-6,8-11H2,1-2H3,(H2,17,19,20);1H. The summed E-state index contributed by atoms with van der Waals surface area (Å²) < 4.78 is 5.99. The predicted molar refractivity (Wildman–Crippen MR) is 109 cm³/mol. The van der Waals surface area contributed by atoms with Crippen LogP contribution >= 0.6 is 35.3 Å². The molecule has 24 heavy (non-hydrogen) atoms. The van der Waals surface area contributed by atoms with Crippen molar-refractivity contribution in [3.05, 3.63) is 16.1 Å². The zero-order chi connectivity index (χ0) is 16.1. The first-order valence-corrected chi connectivity index (χ1v) is 9.35. The molecule has 0 aliphatic carbocycles. The summed E-state index contributed by atoms with van der Waals surface area (Å²) in [6.45, 7) is 9.54. The van der Waals surface area contributed by atoms with Crippen LogP contribution in [0.1, 0.15) is 29.7 Å². The van der Waals surface area contributed by atoms with E-state index in [4.69, 9.17) is 4.74 Å². The van der Waals surface area contributed by atoms with Crippen molar-refractivity contribution in [1.82, 2.24) is 20.5 Å². The van der Waals surface area contributed by atoms with Crippen LogP contribution in [0.3, 0.4) is 0 Å². The number of halogens is 1. The maximum absolute atomic E-state index is 5.99. The summed E-state index contributed by atoms with van der Waals surface area (Å²) in [4.78, 5) is 12.8. The van der Waals surface area contributed by atoms with Crippen molar-refractivity contribution in [3.8, 4) is 0 Å². The minimum Gasteiger partial charge on any atom is -0.373 e. The molecule has 2 N–H and O–H groups in total. The van der Waals surface area contributed by atoms with Gasteiger partial charge in [0.15, 0.2) is 5.96 Å². The number of ether oxygens (including phenoxy) is 1. The highest BCUT2D eigenvalue weighted by Gasteiger charge is 2.32. The van der Waals surface area contributed by atoms with Gasteiger partial charge in [0.1, 0.15) is 5.01 Å². The monoisotopic (exact) mass is 465 g/mol. The molecule has 3 heterocycles. The molecule has 2 atom stereocenters. The summed E-state index contributed by atoms with van der Waals surface area (Å²) in [7, 11) is 0. The van der Waals surface area contributed by atoms with Crippen molar-refractivity contribution in [1.29, 1.82) is 0 Å². The maximum Gasteiger partial charge on any atom is 0.191 e. The van der Waals surface area contributed by atoms with Crippen LogP contribution < -0.4 is 10.6 Å². The number of aryl methyl sites for hydroxylation is 1. The second kappa shape index (κ2) is 9.88. The van der Waals surface area contributed by atoms with Crippen LogP contribution in [-0.4, -0.2) is 60.8 Å². The predicted octanol–water partition coefficient (Wildman–Crippen LogP) is 1.99. The van der Waals surface area contributed by atoms with Gasteiger partial charge in [-0.1, -0.05) is 0 Å². The smallest absolute Gasteiger partial charge is 0.191 e. The van der Waals surface area contributed by atoms with Gasteiger partial charge in [0, 0.05) is 36.8 Å². The minimum atomic E-state index is 0. The third kappa shape index (κ3) is 5.53. The van der Waals surface area contributed by atoms with E-state index in [9.17, 15) is 0 Å². The number of aliphatic imine (C=N–C) groups is 1. The Labute approximate surface area is 165 Å². The molecule has 3 rings (SSSR count). The van der Waals surface area contributed by atoms with Crippen molar-refractivity contribution in [3.63, 3.8) is 0 Å². The van der Waals surface area contributed by atoms with Crippen molar-refractivity contribution in [2.24, 2.45) is 4.99 Å². The van der Waals surface area contributed by atoms with Crippen molar-refractivity contribution in [2.45, 2.75) is 45.4 Å². The number of fused-ring (bicyclic) bond motifs is 1. The summed E-state index contributed by atoms with van der Waals surface area (Å²) in [5.74, 6) is 0.840. The SMILES string of the molecule is CCNC(=NCc1ncc(C)s1)NCC1CN2CCCC2CO1.I. The molecule has 1 aromatic rings. The number of nitrogens with zero attached hydrogens (tertiary/aromatic N) is 3. The maximum atomic E-state index is 5.99. The summed E-state index contributed by atoms with van der Waals surface area (Å²) in [6.07, 6.45) is 4.75. The lowest BCUT2D eigenvalue weighted by Gasteiger charge is -2.35. The molecule has 2 aliphatic rings. The van der Waals surface area contributed by atoms with E-state index in [0.717, 1.165) is 37.2 Å². The van der Waals surface area contributed by atoms with Gasteiger partial charge in [-0.3, -0.25) is 4.90 Å². The first kappa shape index (κ1) is 19.9. The van der Waals surface area contributed by atoms with E-state index in [1.54, 1.807) is 11.3 Å². The van der Waals surface area contributed by atoms with E-state index >= 15 is 0 Å². The number of hydrogen-bond donors (Lipinski definition) is 2. The number of hydrogen-bond acceptors (Lipinski definition) is 5. The quantitative estimate of drug-likeness (QED) is 0.396. The van der Waals surface area contributed by atoms with Gasteiger partial charge < -0.3 is 15.4 Å². The third-order valence-electron chi connectivity index (χ3n) is 4.34. The molecule has 2 unspecified atom stereocenters. The summed E-state index contributed by atoms with van der Waals surface area (Å²) in [5, 5.41) is 7.75. The van der Waals surface area contributed by atoms with Gasteiger partial charge in [0.25, 0.3) is 0 Å². The summed E-state index contributed by atoms with van der Waals surface area (Å²) in [5.41, 5.74) is 0.